The second-order valence-corrected chi connectivity index (χ2v) is 14.0. The van der Waals surface area contributed by atoms with Gasteiger partial charge in [0.1, 0.15) is 36.6 Å². The Morgan fingerprint density at radius 2 is 1.77 bits per heavy atom. The molecule has 2 saturated heterocycles. The van der Waals surface area contributed by atoms with E-state index in [-0.39, 0.29) is 35.9 Å². The van der Waals surface area contributed by atoms with E-state index in [1.807, 2.05) is 6.92 Å². The molecular weight excluding hydrogens is 556 g/mol. The van der Waals surface area contributed by atoms with Gasteiger partial charge in [-0.25, -0.2) is 0 Å². The summed E-state index contributed by atoms with van der Waals surface area (Å²) >= 11 is 0. The van der Waals surface area contributed by atoms with E-state index in [9.17, 15) is 20.4 Å². The Morgan fingerprint density at radius 3 is 2.40 bits per heavy atom. The highest BCUT2D eigenvalue weighted by molar-refractivity contribution is 5.41. The summed E-state index contributed by atoms with van der Waals surface area (Å²) in [6.45, 7) is 13.7. The third-order valence-electron chi connectivity index (χ3n) is 10.8. The van der Waals surface area contributed by atoms with Crippen LogP contribution >= 0.6 is 0 Å². The van der Waals surface area contributed by atoms with Crippen LogP contribution in [-0.4, -0.2) is 109 Å². The second-order valence-electron chi connectivity index (χ2n) is 14.0. The molecule has 10 unspecified atom stereocenters. The van der Waals surface area contributed by atoms with E-state index >= 15 is 0 Å². The second kappa shape index (κ2) is 13.1. The Bertz CT molecular complexity index is 1040. The van der Waals surface area contributed by atoms with Crippen LogP contribution in [0.15, 0.2) is 22.8 Å². The Kier molecular flexibility index (Phi) is 10.2. The molecule has 0 amide bonds. The minimum Gasteiger partial charge on any atom is -0.390 e. The maximum Gasteiger partial charge on any atom is 0.194 e. The summed E-state index contributed by atoms with van der Waals surface area (Å²) in [6, 6.07) is 0. The van der Waals surface area contributed by atoms with Crippen LogP contribution in [0.1, 0.15) is 67.2 Å². The van der Waals surface area contributed by atoms with Gasteiger partial charge < -0.3 is 48.8 Å². The molecule has 13 atom stereocenters. The molecule has 1 saturated carbocycles. The van der Waals surface area contributed by atoms with Crippen molar-refractivity contribution < 1.29 is 48.8 Å². The lowest BCUT2D eigenvalue weighted by Gasteiger charge is -2.46. The molecule has 0 aromatic carbocycles. The average molecular weight is 611 g/mol. The van der Waals surface area contributed by atoms with Crippen LogP contribution < -0.4 is 0 Å². The molecule has 0 aromatic rings. The van der Waals surface area contributed by atoms with Crippen molar-refractivity contribution in [2.45, 2.75) is 122 Å². The van der Waals surface area contributed by atoms with Gasteiger partial charge in [-0.05, 0) is 62.9 Å². The summed E-state index contributed by atoms with van der Waals surface area (Å²) in [5.74, 6) is -0.398. The minimum atomic E-state index is -1.53. The largest absolute Gasteiger partial charge is 0.390 e. The molecule has 246 valence electrons. The first-order valence-electron chi connectivity index (χ1n) is 16.2. The maximum absolute atomic E-state index is 12.1. The van der Waals surface area contributed by atoms with E-state index < -0.39 is 48.7 Å². The summed E-state index contributed by atoms with van der Waals surface area (Å²) in [5.41, 5.74) is 3.31. The van der Waals surface area contributed by atoms with Gasteiger partial charge in [0.05, 0.1) is 25.9 Å². The fourth-order valence-electron chi connectivity index (χ4n) is 8.10. The van der Waals surface area contributed by atoms with Crippen molar-refractivity contribution in [3.05, 3.63) is 22.8 Å². The topological polar surface area (TPSA) is 140 Å². The molecule has 4 N–H and O–H groups in total. The number of aliphatic hydroxyl groups excluding tert-OH is 4. The van der Waals surface area contributed by atoms with E-state index in [0.29, 0.717) is 25.7 Å². The summed E-state index contributed by atoms with van der Waals surface area (Å²) in [7, 11) is 1.74. The van der Waals surface area contributed by atoms with Crippen LogP contribution in [0.2, 0.25) is 0 Å². The molecule has 0 radical (unpaired) electrons. The van der Waals surface area contributed by atoms with E-state index in [4.69, 9.17) is 28.4 Å². The van der Waals surface area contributed by atoms with E-state index in [2.05, 4.69) is 33.8 Å². The molecule has 10 heteroatoms. The zero-order chi connectivity index (χ0) is 31.3. The van der Waals surface area contributed by atoms with Crippen molar-refractivity contribution in [1.82, 2.24) is 0 Å². The highest BCUT2D eigenvalue weighted by Gasteiger charge is 2.53. The average Bonchev–Trinajstić information content (AvgIpc) is 3.69. The Labute approximate surface area is 256 Å². The number of rotatable bonds is 11. The summed E-state index contributed by atoms with van der Waals surface area (Å²) in [5, 5.41) is 44.9. The van der Waals surface area contributed by atoms with Crippen molar-refractivity contribution in [2.75, 3.05) is 33.5 Å². The fraction of sp³-hybridized carbons (Fsp3) is 0.879. The van der Waals surface area contributed by atoms with Gasteiger partial charge >= 0.3 is 0 Å². The Balaban J connectivity index is 1.45. The fourth-order valence-corrected chi connectivity index (χ4v) is 8.10. The lowest BCUT2D eigenvalue weighted by molar-refractivity contribution is -0.329. The quantitative estimate of drug-likeness (QED) is 0.157. The molecule has 3 aliphatic carbocycles. The monoisotopic (exact) mass is 610 g/mol. The van der Waals surface area contributed by atoms with E-state index in [1.165, 1.54) is 11.1 Å². The Morgan fingerprint density at radius 1 is 1.05 bits per heavy atom. The number of fused-ring (bicyclic) bond motifs is 2. The number of hydrogen-bond acceptors (Lipinski definition) is 10. The molecule has 10 nitrogen and oxygen atoms in total. The van der Waals surface area contributed by atoms with Crippen LogP contribution in [-0.2, 0) is 28.4 Å². The van der Waals surface area contributed by atoms with Gasteiger partial charge in [0.15, 0.2) is 12.1 Å². The smallest absolute Gasteiger partial charge is 0.194 e. The molecule has 2 heterocycles. The molecule has 0 spiro atoms. The van der Waals surface area contributed by atoms with Crippen LogP contribution in [0.5, 0.6) is 0 Å². The third kappa shape index (κ3) is 6.39. The number of aliphatic hydroxyl groups is 4. The van der Waals surface area contributed by atoms with Crippen molar-refractivity contribution in [2.24, 2.45) is 29.1 Å². The zero-order valence-corrected chi connectivity index (χ0v) is 26.9. The molecule has 0 aromatic heterocycles. The van der Waals surface area contributed by atoms with Gasteiger partial charge in [-0.2, -0.15) is 0 Å². The highest BCUT2D eigenvalue weighted by Crippen LogP contribution is 2.55. The van der Waals surface area contributed by atoms with Crippen molar-refractivity contribution >= 4 is 0 Å². The predicted octanol–water partition coefficient (Wildman–Crippen LogP) is 2.71. The van der Waals surface area contributed by atoms with Gasteiger partial charge in [-0.3, -0.25) is 0 Å². The molecule has 5 rings (SSSR count). The molecule has 43 heavy (non-hydrogen) atoms. The predicted molar refractivity (Wildman–Crippen MR) is 158 cm³/mol. The third-order valence-corrected chi connectivity index (χ3v) is 10.8. The normalized spacial score (nSPS) is 45.7. The summed E-state index contributed by atoms with van der Waals surface area (Å²) in [6.07, 6.45) is -2.45. The van der Waals surface area contributed by atoms with Gasteiger partial charge in [0, 0.05) is 25.0 Å². The van der Waals surface area contributed by atoms with Gasteiger partial charge in [0.2, 0.25) is 0 Å². The molecule has 0 bridgehead atoms. The zero-order valence-electron chi connectivity index (χ0n) is 26.9. The Hall–Kier alpha value is -0.920. The first-order valence-corrected chi connectivity index (χ1v) is 16.2. The number of epoxide rings is 1. The van der Waals surface area contributed by atoms with Crippen LogP contribution in [0.4, 0.5) is 0 Å². The minimum absolute atomic E-state index is 0.114. The van der Waals surface area contributed by atoms with Gasteiger partial charge in [-0.15, -0.1) is 0 Å². The molecule has 5 aliphatic rings. The summed E-state index contributed by atoms with van der Waals surface area (Å²) in [4.78, 5) is 0. The van der Waals surface area contributed by atoms with Crippen LogP contribution in [0, 0.1) is 29.1 Å². The van der Waals surface area contributed by atoms with Crippen molar-refractivity contribution in [3.8, 4) is 0 Å². The number of ether oxygens (including phenoxy) is 6. The maximum atomic E-state index is 12.1. The lowest BCUT2D eigenvalue weighted by Crippen LogP contribution is -2.61. The SMILES string of the molecule is CCOC(C)(OCC1OC(O[C@@H]2C3=C(C(C)C)CCC3(C)/C=C3/[C@@H](COC)CC[C@H]3C(C)C2O)C(O)C(O)C1O)C1CO1. The first-order chi connectivity index (χ1) is 20.3. The first kappa shape index (κ1) is 33.4. The van der Waals surface area contributed by atoms with Crippen LogP contribution in [0.3, 0.4) is 0 Å². The van der Waals surface area contributed by atoms with Crippen molar-refractivity contribution in [3.63, 3.8) is 0 Å². The van der Waals surface area contributed by atoms with E-state index in [1.54, 1.807) is 14.0 Å². The number of hydrogen-bond donors (Lipinski definition) is 4. The van der Waals surface area contributed by atoms with Gasteiger partial charge in [-0.1, -0.05) is 44.9 Å². The highest BCUT2D eigenvalue weighted by atomic mass is 16.8. The molecular formula is C33H54O10. The van der Waals surface area contributed by atoms with Crippen LogP contribution in [0.25, 0.3) is 0 Å². The lowest BCUT2D eigenvalue weighted by atomic mass is 9.68. The standard InChI is InChI=1S/C33H54O10/c1-8-40-33(6,24-16-39-24)41-15-23-27(35)28(36)29(37)31(42-23)43-30-25-20(17(2)3)11-12-32(25,5)13-22-19(14-38-7)9-10-21(22)18(4)26(30)34/h13,17-19,21,23-24,26-31,34-37H,8-12,14-16H2,1-7H3/b22-13-/t18?,19-,21+,23?,24?,26?,27?,28?,29?,30-,31?,32?,33?/m1/s1. The van der Waals surface area contributed by atoms with Gasteiger partial charge in [0.25, 0.3) is 0 Å². The summed E-state index contributed by atoms with van der Waals surface area (Å²) < 4.78 is 35.6. The van der Waals surface area contributed by atoms with E-state index in [0.717, 1.165) is 31.3 Å². The molecule has 3 fully saturated rings. The number of allylic oxidation sites excluding steroid dienone is 2. The molecule has 2 aliphatic heterocycles. The number of methoxy groups -OCH3 is 1. The van der Waals surface area contributed by atoms with Crippen molar-refractivity contribution in [1.29, 1.82) is 0 Å².